The molecule has 0 amide bonds. The van der Waals surface area contributed by atoms with E-state index in [1.807, 2.05) is 24.3 Å². The minimum absolute atomic E-state index is 0.531. The Hall–Kier alpha value is -2.73. The Morgan fingerprint density at radius 3 is 2.21 bits per heavy atom. The molecule has 0 bridgehead atoms. The molecular formula is C18H20N6. The molecule has 4 rings (SSSR count). The van der Waals surface area contributed by atoms with Crippen LogP contribution >= 0.6 is 0 Å². The quantitative estimate of drug-likeness (QED) is 0.799. The Kier molecular flexibility index (Phi) is 3.96. The van der Waals surface area contributed by atoms with Crippen LogP contribution in [0.1, 0.15) is 18.4 Å². The topological polar surface area (TPSA) is 72.9 Å². The molecule has 2 N–H and O–H groups in total. The molecule has 6 nitrogen and oxygen atoms in total. The molecule has 24 heavy (non-hydrogen) atoms. The third kappa shape index (κ3) is 2.76. The third-order valence-electron chi connectivity index (χ3n) is 4.48. The second kappa shape index (κ2) is 6.41. The van der Waals surface area contributed by atoms with Crippen LogP contribution in [0.2, 0.25) is 0 Å². The van der Waals surface area contributed by atoms with Crippen molar-refractivity contribution in [1.82, 2.24) is 20.2 Å². The number of tetrazole rings is 1. The highest BCUT2D eigenvalue weighted by atomic mass is 15.5. The van der Waals surface area contributed by atoms with Crippen molar-refractivity contribution in [3.8, 4) is 17.1 Å². The van der Waals surface area contributed by atoms with E-state index in [-0.39, 0.29) is 0 Å². The SMILES string of the molecule is NCc1ccc(-c2nnnn2-c2ccc(N3CCCC3)cc2)cc1. The first-order valence-electron chi connectivity index (χ1n) is 8.28. The summed E-state index contributed by atoms with van der Waals surface area (Å²) in [6.45, 7) is 2.81. The molecule has 6 heteroatoms. The van der Waals surface area contributed by atoms with E-state index in [0.717, 1.165) is 35.7 Å². The third-order valence-corrected chi connectivity index (χ3v) is 4.48. The van der Waals surface area contributed by atoms with E-state index in [2.05, 4.69) is 44.7 Å². The van der Waals surface area contributed by atoms with Crippen molar-refractivity contribution in [3.63, 3.8) is 0 Å². The van der Waals surface area contributed by atoms with Gasteiger partial charge in [0.25, 0.3) is 0 Å². The van der Waals surface area contributed by atoms with E-state index in [9.17, 15) is 0 Å². The maximum Gasteiger partial charge on any atom is 0.187 e. The average molecular weight is 320 g/mol. The summed E-state index contributed by atoms with van der Waals surface area (Å²) in [7, 11) is 0. The van der Waals surface area contributed by atoms with Crippen LogP contribution in [-0.2, 0) is 6.54 Å². The van der Waals surface area contributed by atoms with Gasteiger partial charge in [0.05, 0.1) is 5.69 Å². The van der Waals surface area contributed by atoms with Crippen molar-refractivity contribution in [2.45, 2.75) is 19.4 Å². The van der Waals surface area contributed by atoms with Gasteiger partial charge in [-0.05, 0) is 53.1 Å². The molecule has 2 aromatic carbocycles. The minimum Gasteiger partial charge on any atom is -0.372 e. The lowest BCUT2D eigenvalue weighted by Gasteiger charge is -2.17. The lowest BCUT2D eigenvalue weighted by Crippen LogP contribution is -2.17. The van der Waals surface area contributed by atoms with Gasteiger partial charge in [-0.3, -0.25) is 0 Å². The van der Waals surface area contributed by atoms with Gasteiger partial charge in [0.1, 0.15) is 0 Å². The van der Waals surface area contributed by atoms with E-state index in [0.29, 0.717) is 6.54 Å². The van der Waals surface area contributed by atoms with Crippen LogP contribution in [0, 0.1) is 0 Å². The highest BCUT2D eigenvalue weighted by molar-refractivity contribution is 5.59. The second-order valence-corrected chi connectivity index (χ2v) is 6.03. The maximum atomic E-state index is 5.66. The van der Waals surface area contributed by atoms with E-state index in [1.165, 1.54) is 18.5 Å². The van der Waals surface area contributed by atoms with Gasteiger partial charge >= 0.3 is 0 Å². The smallest absolute Gasteiger partial charge is 0.187 e. The van der Waals surface area contributed by atoms with Gasteiger partial charge in [0, 0.05) is 30.9 Å². The van der Waals surface area contributed by atoms with Gasteiger partial charge in [-0.1, -0.05) is 24.3 Å². The number of anilines is 1. The molecule has 0 atom stereocenters. The summed E-state index contributed by atoms with van der Waals surface area (Å²) in [6.07, 6.45) is 2.55. The lowest BCUT2D eigenvalue weighted by atomic mass is 10.1. The van der Waals surface area contributed by atoms with Gasteiger partial charge in [-0.25, -0.2) is 0 Å². The molecule has 1 saturated heterocycles. The molecule has 0 saturated carbocycles. The first-order chi connectivity index (χ1) is 11.8. The maximum absolute atomic E-state index is 5.66. The zero-order chi connectivity index (χ0) is 16.4. The number of nitrogens with two attached hydrogens (primary N) is 1. The summed E-state index contributed by atoms with van der Waals surface area (Å²) < 4.78 is 1.77. The van der Waals surface area contributed by atoms with Crippen molar-refractivity contribution in [3.05, 3.63) is 54.1 Å². The van der Waals surface area contributed by atoms with Crippen molar-refractivity contribution in [1.29, 1.82) is 0 Å². The molecule has 1 aliphatic rings. The van der Waals surface area contributed by atoms with E-state index in [4.69, 9.17) is 5.73 Å². The van der Waals surface area contributed by atoms with Crippen LogP contribution in [0.5, 0.6) is 0 Å². The molecule has 1 fully saturated rings. The summed E-state index contributed by atoms with van der Waals surface area (Å²) in [5, 5.41) is 12.2. The monoisotopic (exact) mass is 320 g/mol. The van der Waals surface area contributed by atoms with Gasteiger partial charge in [-0.15, -0.1) is 5.10 Å². The molecule has 1 aromatic heterocycles. The van der Waals surface area contributed by atoms with Gasteiger partial charge in [-0.2, -0.15) is 4.68 Å². The molecule has 1 aliphatic heterocycles. The van der Waals surface area contributed by atoms with Crippen LogP contribution in [0.25, 0.3) is 17.1 Å². The molecule has 0 unspecified atom stereocenters. The van der Waals surface area contributed by atoms with Gasteiger partial charge < -0.3 is 10.6 Å². The van der Waals surface area contributed by atoms with Crippen LogP contribution in [0.4, 0.5) is 5.69 Å². The number of hydrogen-bond acceptors (Lipinski definition) is 5. The summed E-state index contributed by atoms with van der Waals surface area (Å²) in [5.74, 6) is 0.729. The summed E-state index contributed by atoms with van der Waals surface area (Å²) in [4.78, 5) is 2.41. The highest BCUT2D eigenvalue weighted by Crippen LogP contribution is 2.24. The van der Waals surface area contributed by atoms with E-state index < -0.39 is 0 Å². The van der Waals surface area contributed by atoms with Crippen LogP contribution in [0.15, 0.2) is 48.5 Å². The van der Waals surface area contributed by atoms with Crippen LogP contribution < -0.4 is 10.6 Å². The van der Waals surface area contributed by atoms with Gasteiger partial charge in [0.15, 0.2) is 5.82 Å². The Morgan fingerprint density at radius 2 is 1.54 bits per heavy atom. The number of benzene rings is 2. The Balaban J connectivity index is 1.63. The fourth-order valence-corrected chi connectivity index (χ4v) is 3.11. The Morgan fingerprint density at radius 1 is 0.875 bits per heavy atom. The van der Waals surface area contributed by atoms with Crippen molar-refractivity contribution in [2.24, 2.45) is 5.73 Å². The zero-order valence-corrected chi connectivity index (χ0v) is 13.5. The standard InChI is InChI=1S/C18H20N6/c19-13-14-3-5-15(6-4-14)18-20-21-22-24(18)17-9-7-16(8-10-17)23-11-1-2-12-23/h3-10H,1-2,11-13,19H2. The minimum atomic E-state index is 0.531. The summed E-state index contributed by atoms with van der Waals surface area (Å²) in [6, 6.07) is 16.4. The number of hydrogen-bond donors (Lipinski definition) is 1. The highest BCUT2D eigenvalue weighted by Gasteiger charge is 2.14. The Labute approximate surface area is 140 Å². The molecule has 3 aromatic rings. The fraction of sp³-hybridized carbons (Fsp3) is 0.278. The number of nitrogens with zero attached hydrogens (tertiary/aromatic N) is 5. The lowest BCUT2D eigenvalue weighted by molar-refractivity contribution is 0.791. The Bertz CT molecular complexity index is 800. The average Bonchev–Trinajstić information content (AvgIpc) is 3.34. The molecule has 0 spiro atoms. The van der Waals surface area contributed by atoms with E-state index in [1.54, 1.807) is 4.68 Å². The molecule has 0 radical (unpaired) electrons. The predicted molar refractivity (Wildman–Crippen MR) is 93.9 cm³/mol. The fourth-order valence-electron chi connectivity index (χ4n) is 3.11. The van der Waals surface area contributed by atoms with Crippen molar-refractivity contribution in [2.75, 3.05) is 18.0 Å². The molecular weight excluding hydrogens is 300 g/mol. The number of aromatic nitrogens is 4. The van der Waals surface area contributed by atoms with Crippen LogP contribution in [0.3, 0.4) is 0 Å². The normalized spacial score (nSPS) is 14.3. The summed E-state index contributed by atoms with van der Waals surface area (Å²) in [5.41, 5.74) is 9.94. The second-order valence-electron chi connectivity index (χ2n) is 6.03. The molecule has 122 valence electrons. The largest absolute Gasteiger partial charge is 0.372 e. The van der Waals surface area contributed by atoms with Crippen LogP contribution in [-0.4, -0.2) is 33.3 Å². The number of rotatable bonds is 4. The summed E-state index contributed by atoms with van der Waals surface area (Å²) >= 11 is 0. The first-order valence-corrected chi connectivity index (χ1v) is 8.28. The van der Waals surface area contributed by atoms with E-state index >= 15 is 0 Å². The van der Waals surface area contributed by atoms with Crippen molar-refractivity contribution < 1.29 is 0 Å². The molecule has 0 aliphatic carbocycles. The molecule has 2 heterocycles. The van der Waals surface area contributed by atoms with Crippen molar-refractivity contribution >= 4 is 5.69 Å². The first kappa shape index (κ1) is 14.8. The van der Waals surface area contributed by atoms with Gasteiger partial charge in [0.2, 0.25) is 0 Å². The zero-order valence-electron chi connectivity index (χ0n) is 13.5. The predicted octanol–water partition coefficient (Wildman–Crippen LogP) is 2.39.